The average Bonchev–Trinajstić information content (AvgIpc) is 2.96. The lowest BCUT2D eigenvalue weighted by atomic mass is 10.2. The molecule has 0 saturated carbocycles. The van der Waals surface area contributed by atoms with E-state index in [-0.39, 0.29) is 17.3 Å². The molecule has 0 aliphatic carbocycles. The van der Waals surface area contributed by atoms with Crippen molar-refractivity contribution in [2.45, 2.75) is 13.5 Å². The van der Waals surface area contributed by atoms with Gasteiger partial charge in [0, 0.05) is 28.1 Å². The summed E-state index contributed by atoms with van der Waals surface area (Å²) in [5.41, 5.74) is 3.30. The molecule has 2 aromatic carbocycles. The van der Waals surface area contributed by atoms with Crippen LogP contribution in [0.2, 0.25) is 0 Å². The zero-order valence-corrected chi connectivity index (χ0v) is 15.3. The number of hydrogen-bond donors (Lipinski definition) is 2. The minimum absolute atomic E-state index is 0.0139. The largest absolute Gasteiger partial charge is 0.497 e. The summed E-state index contributed by atoms with van der Waals surface area (Å²) >= 11 is 1.10. The van der Waals surface area contributed by atoms with E-state index in [0.717, 1.165) is 34.2 Å². The van der Waals surface area contributed by atoms with E-state index >= 15 is 0 Å². The molecule has 1 heterocycles. The van der Waals surface area contributed by atoms with E-state index in [0.29, 0.717) is 5.69 Å². The van der Waals surface area contributed by atoms with Crippen LogP contribution in [0.15, 0.2) is 58.7 Å². The van der Waals surface area contributed by atoms with Crippen LogP contribution in [-0.4, -0.2) is 17.6 Å². The number of ether oxygens (including phenoxy) is 1. The first-order valence-electron chi connectivity index (χ1n) is 8.01. The summed E-state index contributed by atoms with van der Waals surface area (Å²) in [5.74, 6) is 0.568. The summed E-state index contributed by atoms with van der Waals surface area (Å²) in [7, 11) is 1.63. The number of carbonyl (C=O) groups excluding carboxylic acids is 1. The van der Waals surface area contributed by atoms with Crippen molar-refractivity contribution in [2.24, 2.45) is 0 Å². The zero-order valence-electron chi connectivity index (χ0n) is 14.5. The van der Waals surface area contributed by atoms with Gasteiger partial charge in [-0.1, -0.05) is 11.3 Å². The number of nitrogens with zero attached hydrogens (tertiary/aromatic N) is 1. The number of aryl methyl sites for hydroxylation is 1. The number of hydrogen-bond acceptors (Lipinski definition) is 5. The lowest BCUT2D eigenvalue weighted by Crippen LogP contribution is -2.25. The minimum Gasteiger partial charge on any atom is -0.497 e. The van der Waals surface area contributed by atoms with E-state index in [2.05, 4.69) is 10.6 Å². The van der Waals surface area contributed by atoms with Gasteiger partial charge in [0.2, 0.25) is 5.91 Å². The second-order valence-corrected chi connectivity index (χ2v) is 6.53. The number of anilines is 3. The fourth-order valence-electron chi connectivity index (χ4n) is 2.42. The quantitative estimate of drug-likeness (QED) is 0.696. The van der Waals surface area contributed by atoms with Crippen molar-refractivity contribution in [3.8, 4) is 5.75 Å². The third-order valence-corrected chi connectivity index (χ3v) is 4.71. The van der Waals surface area contributed by atoms with E-state index in [1.807, 2.05) is 55.5 Å². The van der Waals surface area contributed by atoms with Crippen molar-refractivity contribution in [2.75, 3.05) is 17.7 Å². The Hall–Kier alpha value is -3.06. The van der Waals surface area contributed by atoms with Gasteiger partial charge in [0.15, 0.2) is 0 Å². The third kappa shape index (κ3) is 4.31. The molecule has 0 spiro atoms. The Labute approximate surface area is 155 Å². The second-order valence-electron chi connectivity index (χ2n) is 5.71. The molecule has 7 heteroatoms. The maximum atomic E-state index is 12.1. The maximum Gasteiger partial charge on any atom is 0.307 e. The lowest BCUT2D eigenvalue weighted by Gasteiger charge is -2.10. The standard InChI is InChI=1S/C19H19N3O3S/c1-13-12-26-19(24)22(13)11-18(23)21-16-5-3-14(4-6-16)20-15-7-9-17(25-2)10-8-15/h3-10,12,20H,11H2,1-2H3,(H,21,23). The highest BCUT2D eigenvalue weighted by molar-refractivity contribution is 7.07. The van der Waals surface area contributed by atoms with Crippen LogP contribution < -0.4 is 20.2 Å². The van der Waals surface area contributed by atoms with E-state index in [9.17, 15) is 9.59 Å². The molecule has 0 atom stereocenters. The summed E-state index contributed by atoms with van der Waals surface area (Å²) in [5, 5.41) is 7.82. The van der Waals surface area contributed by atoms with Crippen molar-refractivity contribution in [3.63, 3.8) is 0 Å². The monoisotopic (exact) mass is 369 g/mol. The zero-order chi connectivity index (χ0) is 18.5. The van der Waals surface area contributed by atoms with Gasteiger partial charge >= 0.3 is 4.87 Å². The molecule has 2 N–H and O–H groups in total. The number of benzene rings is 2. The van der Waals surface area contributed by atoms with Crippen LogP contribution in [0.25, 0.3) is 0 Å². The van der Waals surface area contributed by atoms with Crippen LogP contribution in [0.4, 0.5) is 17.1 Å². The van der Waals surface area contributed by atoms with Gasteiger partial charge in [-0.25, -0.2) is 0 Å². The second kappa shape index (κ2) is 7.88. The molecule has 3 aromatic rings. The molecular weight excluding hydrogens is 350 g/mol. The molecule has 6 nitrogen and oxygen atoms in total. The molecule has 134 valence electrons. The van der Waals surface area contributed by atoms with Gasteiger partial charge in [-0.2, -0.15) is 0 Å². The topological polar surface area (TPSA) is 72.4 Å². The maximum absolute atomic E-state index is 12.1. The Morgan fingerprint density at radius 1 is 1.04 bits per heavy atom. The Bertz CT molecular complexity index is 943. The first-order chi connectivity index (χ1) is 12.5. The van der Waals surface area contributed by atoms with Crippen molar-refractivity contribution >= 4 is 34.3 Å². The Kier molecular flexibility index (Phi) is 5.38. The highest BCUT2D eigenvalue weighted by Crippen LogP contribution is 2.21. The van der Waals surface area contributed by atoms with Crippen molar-refractivity contribution in [3.05, 3.63) is 69.3 Å². The van der Waals surface area contributed by atoms with Gasteiger partial charge in [0.25, 0.3) is 0 Å². The van der Waals surface area contributed by atoms with Crippen LogP contribution in [0, 0.1) is 6.92 Å². The number of rotatable bonds is 6. The highest BCUT2D eigenvalue weighted by atomic mass is 32.1. The Balaban J connectivity index is 1.60. The van der Waals surface area contributed by atoms with Crippen LogP contribution in [0.5, 0.6) is 5.75 Å². The lowest BCUT2D eigenvalue weighted by molar-refractivity contribution is -0.116. The van der Waals surface area contributed by atoms with Gasteiger partial charge in [0.1, 0.15) is 12.3 Å². The molecule has 0 aliphatic heterocycles. The fraction of sp³-hybridized carbons (Fsp3) is 0.158. The number of carbonyl (C=O) groups is 1. The van der Waals surface area contributed by atoms with Gasteiger partial charge in [0.05, 0.1) is 7.11 Å². The third-order valence-electron chi connectivity index (χ3n) is 3.83. The fourth-order valence-corrected chi connectivity index (χ4v) is 3.15. The average molecular weight is 369 g/mol. The summed E-state index contributed by atoms with van der Waals surface area (Å²) in [4.78, 5) is 23.7. The highest BCUT2D eigenvalue weighted by Gasteiger charge is 2.08. The van der Waals surface area contributed by atoms with Gasteiger partial charge in [-0.15, -0.1) is 0 Å². The van der Waals surface area contributed by atoms with Crippen LogP contribution in [0.3, 0.4) is 0 Å². The first kappa shape index (κ1) is 17.8. The number of amides is 1. The molecule has 1 amide bonds. The molecular formula is C19H19N3O3S. The summed E-state index contributed by atoms with van der Waals surface area (Å²) in [6, 6.07) is 15.0. The Morgan fingerprint density at radius 2 is 1.62 bits per heavy atom. The number of thiazole rings is 1. The Morgan fingerprint density at radius 3 is 2.15 bits per heavy atom. The molecule has 0 unspecified atom stereocenters. The van der Waals surface area contributed by atoms with E-state index < -0.39 is 0 Å². The molecule has 0 radical (unpaired) electrons. The summed E-state index contributed by atoms with van der Waals surface area (Å²) in [6.07, 6.45) is 0. The van der Waals surface area contributed by atoms with Crippen molar-refractivity contribution in [1.82, 2.24) is 4.57 Å². The van der Waals surface area contributed by atoms with Gasteiger partial charge in [-0.05, 0) is 55.5 Å². The molecule has 1 aromatic heterocycles. The van der Waals surface area contributed by atoms with Crippen molar-refractivity contribution < 1.29 is 9.53 Å². The summed E-state index contributed by atoms with van der Waals surface area (Å²) in [6.45, 7) is 1.82. The number of methoxy groups -OCH3 is 1. The van der Waals surface area contributed by atoms with Gasteiger partial charge in [-0.3, -0.25) is 14.2 Å². The smallest absolute Gasteiger partial charge is 0.307 e. The number of nitrogens with one attached hydrogen (secondary N) is 2. The van der Waals surface area contributed by atoms with E-state index in [1.165, 1.54) is 4.57 Å². The van der Waals surface area contributed by atoms with E-state index in [4.69, 9.17) is 4.74 Å². The minimum atomic E-state index is -0.232. The summed E-state index contributed by atoms with van der Waals surface area (Å²) < 4.78 is 6.59. The van der Waals surface area contributed by atoms with E-state index in [1.54, 1.807) is 12.5 Å². The van der Waals surface area contributed by atoms with Crippen molar-refractivity contribution in [1.29, 1.82) is 0 Å². The van der Waals surface area contributed by atoms with Gasteiger partial charge < -0.3 is 15.4 Å². The molecule has 0 fully saturated rings. The van der Waals surface area contributed by atoms with Crippen LogP contribution >= 0.6 is 11.3 Å². The predicted molar refractivity (Wildman–Crippen MR) is 105 cm³/mol. The molecule has 26 heavy (non-hydrogen) atoms. The number of aromatic nitrogens is 1. The van der Waals surface area contributed by atoms with Crippen LogP contribution in [-0.2, 0) is 11.3 Å². The SMILES string of the molecule is COc1ccc(Nc2ccc(NC(=O)Cn3c(C)csc3=O)cc2)cc1. The normalized spacial score (nSPS) is 10.4. The van der Waals surface area contributed by atoms with Crippen LogP contribution in [0.1, 0.15) is 5.69 Å². The predicted octanol–water partition coefficient (Wildman–Crippen LogP) is 3.61. The molecule has 3 rings (SSSR count). The first-order valence-corrected chi connectivity index (χ1v) is 8.89. The molecule has 0 bridgehead atoms. The molecule has 0 saturated heterocycles. The molecule has 0 aliphatic rings.